The van der Waals surface area contributed by atoms with Crippen LogP contribution in [0.1, 0.15) is 12.8 Å². The fourth-order valence-corrected chi connectivity index (χ4v) is 2.13. The summed E-state index contributed by atoms with van der Waals surface area (Å²) < 4.78 is 1.78. The highest BCUT2D eigenvalue weighted by atomic mass is 16.4. The van der Waals surface area contributed by atoms with E-state index in [2.05, 4.69) is 5.10 Å². The zero-order valence-corrected chi connectivity index (χ0v) is 9.04. The summed E-state index contributed by atoms with van der Waals surface area (Å²) in [5.41, 5.74) is 5.52. The summed E-state index contributed by atoms with van der Waals surface area (Å²) in [5, 5.41) is 13.0. The van der Waals surface area contributed by atoms with Crippen molar-refractivity contribution in [2.24, 2.45) is 5.92 Å². The molecular weight excluding hydrogens is 208 g/mol. The lowest BCUT2D eigenvalue weighted by Gasteiger charge is -2.30. The number of aromatic nitrogens is 2. The number of hydrogen-bond donors (Lipinski definition) is 2. The molecule has 1 amide bonds. The number of rotatable bonds is 2. The van der Waals surface area contributed by atoms with Crippen LogP contribution in [0.15, 0.2) is 12.3 Å². The maximum atomic E-state index is 10.8. The van der Waals surface area contributed by atoms with E-state index < -0.39 is 6.09 Å². The number of carboxylic acid groups (broad SMARTS) is 1. The molecule has 0 bridgehead atoms. The molecule has 1 atom stereocenters. The van der Waals surface area contributed by atoms with Crippen molar-refractivity contribution in [3.63, 3.8) is 0 Å². The maximum absolute atomic E-state index is 10.8. The van der Waals surface area contributed by atoms with Gasteiger partial charge in [-0.25, -0.2) is 4.79 Å². The van der Waals surface area contributed by atoms with E-state index in [0.717, 1.165) is 19.4 Å². The Morgan fingerprint density at radius 1 is 1.69 bits per heavy atom. The number of piperidine rings is 1. The van der Waals surface area contributed by atoms with E-state index >= 15 is 0 Å². The standard InChI is InChI=1S/C10H16N4O2/c11-9-3-5-14(12-9)7-8-2-1-4-13(6-8)10(15)16/h3,5,8H,1-2,4,6-7H2,(H2,11,12)(H,15,16). The van der Waals surface area contributed by atoms with Gasteiger partial charge < -0.3 is 15.7 Å². The smallest absolute Gasteiger partial charge is 0.407 e. The van der Waals surface area contributed by atoms with Crippen molar-refractivity contribution < 1.29 is 9.90 Å². The van der Waals surface area contributed by atoms with Gasteiger partial charge in [0, 0.05) is 25.8 Å². The molecule has 1 unspecified atom stereocenters. The minimum atomic E-state index is -0.829. The largest absolute Gasteiger partial charge is 0.465 e. The average Bonchev–Trinajstić information content (AvgIpc) is 2.64. The van der Waals surface area contributed by atoms with Gasteiger partial charge in [-0.3, -0.25) is 4.68 Å². The molecule has 88 valence electrons. The first-order valence-corrected chi connectivity index (χ1v) is 5.42. The molecule has 2 heterocycles. The zero-order valence-electron chi connectivity index (χ0n) is 9.04. The SMILES string of the molecule is Nc1ccn(CC2CCCN(C(=O)O)C2)n1. The molecule has 0 aromatic carbocycles. The van der Waals surface area contributed by atoms with Crippen LogP contribution in [0.25, 0.3) is 0 Å². The molecule has 0 saturated carbocycles. The van der Waals surface area contributed by atoms with E-state index in [4.69, 9.17) is 10.8 Å². The van der Waals surface area contributed by atoms with Crippen LogP contribution in [0.2, 0.25) is 0 Å². The first kappa shape index (κ1) is 10.8. The Hall–Kier alpha value is -1.72. The molecule has 1 aromatic heterocycles. The van der Waals surface area contributed by atoms with Gasteiger partial charge in [0.15, 0.2) is 0 Å². The normalized spacial score (nSPS) is 21.0. The molecular formula is C10H16N4O2. The Bertz CT molecular complexity index is 377. The lowest BCUT2D eigenvalue weighted by atomic mass is 9.98. The molecule has 1 aliphatic rings. The van der Waals surface area contributed by atoms with Crippen LogP contribution in [0, 0.1) is 5.92 Å². The Morgan fingerprint density at radius 3 is 3.12 bits per heavy atom. The van der Waals surface area contributed by atoms with E-state index in [0.29, 0.717) is 24.8 Å². The third-order valence-corrected chi connectivity index (χ3v) is 2.90. The molecule has 16 heavy (non-hydrogen) atoms. The van der Waals surface area contributed by atoms with Gasteiger partial charge in [-0.15, -0.1) is 0 Å². The van der Waals surface area contributed by atoms with Crippen molar-refractivity contribution in [1.82, 2.24) is 14.7 Å². The zero-order chi connectivity index (χ0) is 11.5. The number of likely N-dealkylation sites (tertiary alicyclic amines) is 1. The van der Waals surface area contributed by atoms with Crippen LogP contribution in [0.4, 0.5) is 10.6 Å². The molecule has 0 aliphatic carbocycles. The van der Waals surface area contributed by atoms with Crippen molar-refractivity contribution in [3.05, 3.63) is 12.3 Å². The van der Waals surface area contributed by atoms with Gasteiger partial charge in [0.1, 0.15) is 5.82 Å². The summed E-state index contributed by atoms with van der Waals surface area (Å²) in [4.78, 5) is 12.3. The fourth-order valence-electron chi connectivity index (χ4n) is 2.13. The van der Waals surface area contributed by atoms with Gasteiger partial charge in [0.05, 0.1) is 0 Å². The van der Waals surface area contributed by atoms with Gasteiger partial charge in [0.25, 0.3) is 0 Å². The Kier molecular flexibility index (Phi) is 2.98. The molecule has 1 aliphatic heterocycles. The van der Waals surface area contributed by atoms with Crippen LogP contribution in [0.5, 0.6) is 0 Å². The van der Waals surface area contributed by atoms with E-state index in [-0.39, 0.29) is 0 Å². The van der Waals surface area contributed by atoms with Gasteiger partial charge in [-0.05, 0) is 24.8 Å². The van der Waals surface area contributed by atoms with Gasteiger partial charge >= 0.3 is 6.09 Å². The lowest BCUT2D eigenvalue weighted by molar-refractivity contribution is 0.115. The summed E-state index contributed by atoms with van der Waals surface area (Å²) in [5.74, 6) is 0.843. The van der Waals surface area contributed by atoms with Gasteiger partial charge in [-0.1, -0.05) is 0 Å². The van der Waals surface area contributed by atoms with Crippen molar-refractivity contribution in [3.8, 4) is 0 Å². The second-order valence-corrected chi connectivity index (χ2v) is 4.20. The third kappa shape index (κ3) is 2.44. The summed E-state index contributed by atoms with van der Waals surface area (Å²) in [7, 11) is 0. The summed E-state index contributed by atoms with van der Waals surface area (Å²) >= 11 is 0. The van der Waals surface area contributed by atoms with E-state index in [9.17, 15) is 4.79 Å². The van der Waals surface area contributed by atoms with Crippen LogP contribution < -0.4 is 5.73 Å². The Morgan fingerprint density at radius 2 is 2.50 bits per heavy atom. The number of amides is 1. The summed E-state index contributed by atoms with van der Waals surface area (Å²) in [6.45, 7) is 1.98. The van der Waals surface area contributed by atoms with E-state index in [1.54, 1.807) is 10.7 Å². The molecule has 6 nitrogen and oxygen atoms in total. The lowest BCUT2D eigenvalue weighted by Crippen LogP contribution is -2.40. The Balaban J connectivity index is 1.92. The van der Waals surface area contributed by atoms with Crippen molar-refractivity contribution in [2.75, 3.05) is 18.8 Å². The first-order chi connectivity index (χ1) is 7.65. The van der Waals surface area contributed by atoms with Crippen LogP contribution in [-0.4, -0.2) is 39.0 Å². The number of nitrogens with zero attached hydrogens (tertiary/aromatic N) is 3. The Labute approximate surface area is 93.6 Å². The molecule has 6 heteroatoms. The van der Waals surface area contributed by atoms with Crippen LogP contribution in [0.3, 0.4) is 0 Å². The number of nitrogens with two attached hydrogens (primary N) is 1. The van der Waals surface area contributed by atoms with Gasteiger partial charge in [-0.2, -0.15) is 5.10 Å². The predicted molar refractivity (Wildman–Crippen MR) is 59.0 cm³/mol. The second kappa shape index (κ2) is 4.42. The quantitative estimate of drug-likeness (QED) is 0.780. The minimum absolute atomic E-state index is 0.337. The molecule has 3 N–H and O–H groups in total. The highest BCUT2D eigenvalue weighted by Crippen LogP contribution is 2.18. The van der Waals surface area contributed by atoms with E-state index in [1.807, 2.05) is 6.20 Å². The summed E-state index contributed by atoms with van der Waals surface area (Å²) in [6.07, 6.45) is 2.97. The molecule has 1 saturated heterocycles. The first-order valence-electron chi connectivity index (χ1n) is 5.42. The molecule has 0 radical (unpaired) electrons. The topological polar surface area (TPSA) is 84.4 Å². The monoisotopic (exact) mass is 224 g/mol. The van der Waals surface area contributed by atoms with Crippen molar-refractivity contribution in [2.45, 2.75) is 19.4 Å². The average molecular weight is 224 g/mol. The molecule has 1 fully saturated rings. The number of carbonyl (C=O) groups is 1. The maximum Gasteiger partial charge on any atom is 0.407 e. The third-order valence-electron chi connectivity index (χ3n) is 2.90. The highest BCUT2D eigenvalue weighted by molar-refractivity contribution is 5.65. The van der Waals surface area contributed by atoms with Crippen LogP contribution >= 0.6 is 0 Å². The molecule has 0 spiro atoms. The van der Waals surface area contributed by atoms with Gasteiger partial charge in [0.2, 0.25) is 0 Å². The predicted octanol–water partition coefficient (Wildman–Crippen LogP) is 0.855. The second-order valence-electron chi connectivity index (χ2n) is 4.20. The number of nitrogen functional groups attached to an aromatic ring is 1. The summed E-state index contributed by atoms with van der Waals surface area (Å²) in [6, 6.07) is 1.75. The molecule has 2 rings (SSSR count). The van der Waals surface area contributed by atoms with E-state index in [1.165, 1.54) is 4.90 Å². The van der Waals surface area contributed by atoms with Crippen molar-refractivity contribution in [1.29, 1.82) is 0 Å². The minimum Gasteiger partial charge on any atom is -0.465 e. The number of hydrogen-bond acceptors (Lipinski definition) is 3. The number of anilines is 1. The highest BCUT2D eigenvalue weighted by Gasteiger charge is 2.23. The van der Waals surface area contributed by atoms with Crippen molar-refractivity contribution >= 4 is 11.9 Å². The molecule has 1 aromatic rings. The van der Waals surface area contributed by atoms with Crippen LogP contribution in [-0.2, 0) is 6.54 Å². The fraction of sp³-hybridized carbons (Fsp3) is 0.600.